The minimum Gasteiger partial charge on any atom is -0.490 e. The van der Waals surface area contributed by atoms with E-state index in [2.05, 4.69) is 0 Å². The van der Waals surface area contributed by atoms with Gasteiger partial charge in [-0.1, -0.05) is 42.3 Å². The van der Waals surface area contributed by atoms with E-state index in [0.717, 1.165) is 23.7 Å². The van der Waals surface area contributed by atoms with Crippen LogP contribution in [0.25, 0.3) is 6.08 Å². The van der Waals surface area contributed by atoms with Crippen LogP contribution >= 0.6 is 35.0 Å². The highest BCUT2D eigenvalue weighted by Gasteiger charge is 2.35. The topological polar surface area (TPSA) is 55.8 Å². The molecule has 1 saturated heterocycles. The third-order valence-corrected chi connectivity index (χ3v) is 6.18. The van der Waals surface area contributed by atoms with Crippen LogP contribution in [-0.4, -0.2) is 28.8 Å². The second kappa shape index (κ2) is 10.4. The van der Waals surface area contributed by atoms with Gasteiger partial charge in [-0.15, -0.1) is 0 Å². The molecule has 5 nitrogen and oxygen atoms in total. The molecule has 1 heterocycles. The van der Waals surface area contributed by atoms with Crippen molar-refractivity contribution < 1.29 is 19.1 Å². The van der Waals surface area contributed by atoms with E-state index in [4.69, 9.17) is 32.7 Å². The highest BCUT2D eigenvalue weighted by molar-refractivity contribution is 8.18. The lowest BCUT2D eigenvalue weighted by molar-refractivity contribution is -0.123. The molecule has 2 amide bonds. The van der Waals surface area contributed by atoms with Crippen molar-refractivity contribution in [2.24, 2.45) is 0 Å². The number of carbonyl (C=O) groups is 2. The summed E-state index contributed by atoms with van der Waals surface area (Å²) < 4.78 is 11.6. The standard InChI is InChI=1S/C23H23Cl2NO4S/c1-4-14(3)30-19-9-6-15(10-20(19)29-5-2)11-21-22(27)26(23(28)31-21)13-16-7-8-17(24)12-18(16)25/h6-12,14H,4-5,13H2,1-3H3/b21-11+/t14-/m0/s1. The Morgan fingerprint density at radius 2 is 1.87 bits per heavy atom. The average Bonchev–Trinajstić information content (AvgIpc) is 2.99. The molecule has 0 unspecified atom stereocenters. The van der Waals surface area contributed by atoms with Crippen molar-refractivity contribution in [2.75, 3.05) is 6.61 Å². The monoisotopic (exact) mass is 479 g/mol. The Morgan fingerprint density at radius 3 is 2.55 bits per heavy atom. The van der Waals surface area contributed by atoms with Gasteiger partial charge in [-0.25, -0.2) is 0 Å². The molecule has 3 rings (SSSR count). The third kappa shape index (κ3) is 5.76. The second-order valence-electron chi connectivity index (χ2n) is 6.98. The minimum absolute atomic E-state index is 0.0567. The van der Waals surface area contributed by atoms with E-state index in [0.29, 0.717) is 38.6 Å². The molecule has 2 aromatic rings. The maximum atomic E-state index is 12.9. The van der Waals surface area contributed by atoms with Gasteiger partial charge in [-0.2, -0.15) is 0 Å². The first kappa shape index (κ1) is 23.5. The molecular weight excluding hydrogens is 457 g/mol. The first-order valence-electron chi connectivity index (χ1n) is 9.95. The van der Waals surface area contributed by atoms with Crippen LogP contribution in [0.1, 0.15) is 38.3 Å². The summed E-state index contributed by atoms with van der Waals surface area (Å²) in [5, 5.41) is 0.562. The molecule has 31 heavy (non-hydrogen) atoms. The molecule has 1 aliphatic rings. The number of halogens is 2. The van der Waals surface area contributed by atoms with Crippen LogP contribution in [-0.2, 0) is 11.3 Å². The van der Waals surface area contributed by atoms with Crippen LogP contribution in [0.15, 0.2) is 41.3 Å². The van der Waals surface area contributed by atoms with E-state index >= 15 is 0 Å². The van der Waals surface area contributed by atoms with E-state index in [1.54, 1.807) is 24.3 Å². The molecule has 0 saturated carbocycles. The van der Waals surface area contributed by atoms with Gasteiger partial charge in [0.2, 0.25) is 0 Å². The van der Waals surface area contributed by atoms with Crippen LogP contribution in [0.3, 0.4) is 0 Å². The first-order chi connectivity index (χ1) is 14.8. The summed E-state index contributed by atoms with van der Waals surface area (Å²) in [6.07, 6.45) is 2.61. The normalized spacial score (nSPS) is 16.2. The maximum Gasteiger partial charge on any atom is 0.293 e. The molecular formula is C23H23Cl2NO4S. The largest absolute Gasteiger partial charge is 0.490 e. The minimum atomic E-state index is -0.362. The summed E-state index contributed by atoms with van der Waals surface area (Å²) in [5.74, 6) is 0.890. The lowest BCUT2D eigenvalue weighted by Gasteiger charge is -2.16. The SMILES string of the molecule is CCOc1cc(/C=C2/SC(=O)N(Cc3ccc(Cl)cc3Cl)C2=O)ccc1O[C@@H](C)CC. The fraction of sp³-hybridized carbons (Fsp3) is 0.304. The zero-order chi connectivity index (χ0) is 22.5. The molecule has 0 aromatic heterocycles. The van der Waals surface area contributed by atoms with Gasteiger partial charge < -0.3 is 9.47 Å². The highest BCUT2D eigenvalue weighted by Crippen LogP contribution is 2.36. The van der Waals surface area contributed by atoms with Gasteiger partial charge >= 0.3 is 0 Å². The number of hydrogen-bond donors (Lipinski definition) is 0. The van der Waals surface area contributed by atoms with Crippen LogP contribution in [0, 0.1) is 0 Å². The van der Waals surface area contributed by atoms with Crippen molar-refractivity contribution in [1.29, 1.82) is 0 Å². The maximum absolute atomic E-state index is 12.9. The number of hydrogen-bond acceptors (Lipinski definition) is 5. The molecule has 0 aliphatic carbocycles. The Labute approximate surface area is 196 Å². The molecule has 8 heteroatoms. The van der Waals surface area contributed by atoms with Gasteiger partial charge in [-0.05, 0) is 73.5 Å². The van der Waals surface area contributed by atoms with Gasteiger partial charge in [0.25, 0.3) is 11.1 Å². The Balaban J connectivity index is 1.82. The number of ether oxygens (including phenoxy) is 2. The van der Waals surface area contributed by atoms with E-state index < -0.39 is 0 Å². The van der Waals surface area contributed by atoms with Crippen LogP contribution < -0.4 is 9.47 Å². The number of imide groups is 1. The predicted molar refractivity (Wildman–Crippen MR) is 126 cm³/mol. The molecule has 1 fully saturated rings. The smallest absolute Gasteiger partial charge is 0.293 e. The molecule has 1 aliphatic heterocycles. The zero-order valence-corrected chi connectivity index (χ0v) is 19.8. The van der Waals surface area contributed by atoms with Crippen molar-refractivity contribution in [3.8, 4) is 11.5 Å². The summed E-state index contributed by atoms with van der Waals surface area (Å²) in [4.78, 5) is 26.8. The van der Waals surface area contributed by atoms with E-state index in [-0.39, 0.29) is 23.8 Å². The van der Waals surface area contributed by atoms with Crippen molar-refractivity contribution in [3.05, 3.63) is 62.5 Å². The Hall–Kier alpha value is -2.15. The number of nitrogens with zero attached hydrogens (tertiary/aromatic N) is 1. The Kier molecular flexibility index (Phi) is 7.92. The Morgan fingerprint density at radius 1 is 1.10 bits per heavy atom. The summed E-state index contributed by atoms with van der Waals surface area (Å²) in [7, 11) is 0. The fourth-order valence-electron chi connectivity index (χ4n) is 2.89. The van der Waals surface area contributed by atoms with Crippen molar-refractivity contribution in [3.63, 3.8) is 0 Å². The van der Waals surface area contributed by atoms with E-state index in [9.17, 15) is 9.59 Å². The highest BCUT2D eigenvalue weighted by atomic mass is 35.5. The summed E-state index contributed by atoms with van der Waals surface area (Å²) >= 11 is 13.0. The van der Waals surface area contributed by atoms with Gasteiger partial charge in [0.05, 0.1) is 24.2 Å². The number of carbonyl (C=O) groups excluding carboxylic acids is 2. The lowest BCUT2D eigenvalue weighted by Crippen LogP contribution is -2.27. The van der Waals surface area contributed by atoms with E-state index in [1.807, 2.05) is 39.0 Å². The van der Waals surface area contributed by atoms with Crippen molar-refractivity contribution >= 4 is 52.2 Å². The van der Waals surface area contributed by atoms with Gasteiger partial charge in [0.15, 0.2) is 11.5 Å². The van der Waals surface area contributed by atoms with Gasteiger partial charge in [-0.3, -0.25) is 14.5 Å². The number of thioether (sulfide) groups is 1. The van der Waals surface area contributed by atoms with Crippen molar-refractivity contribution in [2.45, 2.75) is 39.8 Å². The molecule has 1 atom stereocenters. The molecule has 0 bridgehead atoms. The molecule has 2 aromatic carbocycles. The molecule has 0 spiro atoms. The quantitative estimate of drug-likeness (QED) is 0.389. The van der Waals surface area contributed by atoms with Crippen LogP contribution in [0.4, 0.5) is 4.79 Å². The summed E-state index contributed by atoms with van der Waals surface area (Å²) in [5.41, 5.74) is 1.40. The average molecular weight is 480 g/mol. The summed E-state index contributed by atoms with van der Waals surface area (Å²) in [6, 6.07) is 10.4. The van der Waals surface area contributed by atoms with Gasteiger partial charge in [0.1, 0.15) is 0 Å². The fourth-order valence-corrected chi connectivity index (χ4v) is 4.19. The molecule has 0 N–H and O–H groups in total. The van der Waals surface area contributed by atoms with Crippen molar-refractivity contribution in [1.82, 2.24) is 4.90 Å². The predicted octanol–water partition coefficient (Wildman–Crippen LogP) is 6.81. The number of rotatable bonds is 8. The lowest BCUT2D eigenvalue weighted by atomic mass is 10.1. The van der Waals surface area contributed by atoms with E-state index in [1.165, 1.54) is 4.90 Å². The summed E-state index contributed by atoms with van der Waals surface area (Å²) in [6.45, 7) is 6.51. The first-order valence-corrected chi connectivity index (χ1v) is 11.5. The Bertz CT molecular complexity index is 1020. The number of benzene rings is 2. The van der Waals surface area contributed by atoms with Crippen LogP contribution in [0.5, 0.6) is 11.5 Å². The third-order valence-electron chi connectivity index (χ3n) is 4.69. The molecule has 0 radical (unpaired) electrons. The van der Waals surface area contributed by atoms with Gasteiger partial charge in [0, 0.05) is 10.0 Å². The molecule has 164 valence electrons. The second-order valence-corrected chi connectivity index (χ2v) is 8.82. The number of amides is 2. The zero-order valence-electron chi connectivity index (χ0n) is 17.5. The van der Waals surface area contributed by atoms with Crippen LogP contribution in [0.2, 0.25) is 10.0 Å².